The second kappa shape index (κ2) is 5.78. The van der Waals surface area contributed by atoms with Crippen molar-refractivity contribution in [3.8, 4) is 0 Å². The second-order valence-corrected chi connectivity index (χ2v) is 4.81. The first-order chi connectivity index (χ1) is 9.90. The van der Waals surface area contributed by atoms with Gasteiger partial charge in [-0.25, -0.2) is 4.68 Å². The van der Waals surface area contributed by atoms with Crippen molar-refractivity contribution in [2.75, 3.05) is 7.05 Å². The molecular formula is C13H17N5O3. The molecule has 0 radical (unpaired) electrons. The highest BCUT2D eigenvalue weighted by molar-refractivity contribution is 5.92. The molecule has 1 amide bonds. The summed E-state index contributed by atoms with van der Waals surface area (Å²) in [5.74, 6) is -1.32. The lowest BCUT2D eigenvalue weighted by Crippen LogP contribution is -2.29. The zero-order valence-corrected chi connectivity index (χ0v) is 12.1. The minimum atomic E-state index is -1.04. The third-order valence-corrected chi connectivity index (χ3v) is 3.31. The number of carboxylic acid groups (broad SMARTS) is 1. The van der Waals surface area contributed by atoms with Gasteiger partial charge < -0.3 is 10.0 Å². The van der Waals surface area contributed by atoms with E-state index in [1.807, 2.05) is 14.0 Å². The minimum absolute atomic E-state index is 0.251. The summed E-state index contributed by atoms with van der Waals surface area (Å²) in [5.41, 5.74) is 2.17. The standard InChI is InChI=1S/C13H17N5O3/c1-9-10(6-15-17(9)3)7-16(2)13(21)11-4-5-14-18(11)8-12(19)20/h4-6H,7-8H2,1-3H3,(H,19,20). The summed E-state index contributed by atoms with van der Waals surface area (Å²) in [6, 6.07) is 1.51. The fourth-order valence-electron chi connectivity index (χ4n) is 1.99. The molecule has 112 valence electrons. The summed E-state index contributed by atoms with van der Waals surface area (Å²) < 4.78 is 2.92. The predicted molar refractivity (Wildman–Crippen MR) is 73.6 cm³/mol. The fraction of sp³-hybridized carbons (Fsp3) is 0.385. The average Bonchev–Trinajstić information content (AvgIpc) is 2.99. The number of aryl methyl sites for hydroxylation is 1. The molecule has 0 aliphatic carbocycles. The normalized spacial score (nSPS) is 10.6. The Labute approximate surface area is 121 Å². The van der Waals surface area contributed by atoms with E-state index in [0.717, 1.165) is 11.3 Å². The number of carbonyl (C=O) groups excluding carboxylic acids is 1. The maximum atomic E-state index is 12.4. The SMILES string of the molecule is Cc1c(CN(C)C(=O)c2ccnn2CC(=O)O)cnn1C. The van der Waals surface area contributed by atoms with Crippen LogP contribution in [0.25, 0.3) is 0 Å². The Morgan fingerprint density at radius 2 is 2.10 bits per heavy atom. The summed E-state index contributed by atoms with van der Waals surface area (Å²) in [5, 5.41) is 16.8. The van der Waals surface area contributed by atoms with E-state index in [1.165, 1.54) is 21.8 Å². The van der Waals surface area contributed by atoms with Crippen LogP contribution in [0, 0.1) is 6.92 Å². The molecule has 0 saturated carbocycles. The van der Waals surface area contributed by atoms with Gasteiger partial charge in [0.05, 0.1) is 6.20 Å². The number of hydrogen-bond acceptors (Lipinski definition) is 4. The van der Waals surface area contributed by atoms with Crippen LogP contribution in [0.4, 0.5) is 0 Å². The van der Waals surface area contributed by atoms with Gasteiger partial charge in [0.15, 0.2) is 0 Å². The molecule has 0 atom stereocenters. The first-order valence-electron chi connectivity index (χ1n) is 6.36. The van der Waals surface area contributed by atoms with Gasteiger partial charge in [0, 0.05) is 38.1 Å². The molecule has 8 heteroatoms. The van der Waals surface area contributed by atoms with Crippen LogP contribution in [-0.4, -0.2) is 48.5 Å². The number of hydrogen-bond donors (Lipinski definition) is 1. The van der Waals surface area contributed by atoms with Gasteiger partial charge in [-0.15, -0.1) is 0 Å². The second-order valence-electron chi connectivity index (χ2n) is 4.81. The highest BCUT2D eigenvalue weighted by Gasteiger charge is 2.19. The van der Waals surface area contributed by atoms with Crippen molar-refractivity contribution in [1.82, 2.24) is 24.5 Å². The molecule has 21 heavy (non-hydrogen) atoms. The molecule has 2 rings (SSSR count). The maximum absolute atomic E-state index is 12.4. The van der Waals surface area contributed by atoms with Crippen molar-refractivity contribution < 1.29 is 14.7 Å². The summed E-state index contributed by atoms with van der Waals surface area (Å²) in [6.07, 6.45) is 3.13. The van der Waals surface area contributed by atoms with E-state index in [2.05, 4.69) is 10.2 Å². The van der Waals surface area contributed by atoms with Gasteiger partial charge in [-0.3, -0.25) is 14.3 Å². The largest absolute Gasteiger partial charge is 0.480 e. The number of carboxylic acids is 1. The summed E-state index contributed by atoms with van der Waals surface area (Å²) in [4.78, 5) is 24.6. The van der Waals surface area contributed by atoms with Crippen LogP contribution in [0.15, 0.2) is 18.5 Å². The number of rotatable bonds is 5. The molecule has 0 aliphatic rings. The monoisotopic (exact) mass is 291 g/mol. The Bertz CT molecular complexity index is 673. The van der Waals surface area contributed by atoms with E-state index in [4.69, 9.17) is 5.11 Å². The van der Waals surface area contributed by atoms with Crippen molar-refractivity contribution in [2.45, 2.75) is 20.0 Å². The summed E-state index contributed by atoms with van der Waals surface area (Å²) >= 11 is 0. The lowest BCUT2D eigenvalue weighted by molar-refractivity contribution is -0.137. The maximum Gasteiger partial charge on any atom is 0.325 e. The zero-order valence-electron chi connectivity index (χ0n) is 12.1. The summed E-state index contributed by atoms with van der Waals surface area (Å²) in [7, 11) is 3.50. The molecule has 2 heterocycles. The zero-order chi connectivity index (χ0) is 15.6. The van der Waals surface area contributed by atoms with Crippen LogP contribution >= 0.6 is 0 Å². The van der Waals surface area contributed by atoms with Gasteiger partial charge in [-0.1, -0.05) is 0 Å². The van der Waals surface area contributed by atoms with Crippen molar-refractivity contribution in [3.63, 3.8) is 0 Å². The molecule has 1 N–H and O–H groups in total. The highest BCUT2D eigenvalue weighted by Crippen LogP contribution is 2.11. The van der Waals surface area contributed by atoms with Crippen molar-refractivity contribution >= 4 is 11.9 Å². The molecule has 2 aromatic heterocycles. The lowest BCUT2D eigenvalue weighted by Gasteiger charge is -2.17. The van der Waals surface area contributed by atoms with Crippen LogP contribution in [0.5, 0.6) is 0 Å². The number of nitrogens with zero attached hydrogens (tertiary/aromatic N) is 5. The van der Waals surface area contributed by atoms with Crippen molar-refractivity contribution in [2.24, 2.45) is 7.05 Å². The van der Waals surface area contributed by atoms with Crippen molar-refractivity contribution in [1.29, 1.82) is 0 Å². The number of aromatic nitrogens is 4. The Morgan fingerprint density at radius 3 is 2.67 bits per heavy atom. The molecule has 0 spiro atoms. The molecule has 0 bridgehead atoms. The summed E-state index contributed by atoms with van der Waals surface area (Å²) in [6.45, 7) is 1.99. The molecular weight excluding hydrogens is 274 g/mol. The molecule has 8 nitrogen and oxygen atoms in total. The number of amides is 1. The third-order valence-electron chi connectivity index (χ3n) is 3.31. The van der Waals surface area contributed by atoms with E-state index in [9.17, 15) is 9.59 Å². The van der Waals surface area contributed by atoms with Gasteiger partial charge in [-0.05, 0) is 13.0 Å². The van der Waals surface area contributed by atoms with Crippen LogP contribution < -0.4 is 0 Å². The van der Waals surface area contributed by atoms with Gasteiger partial charge in [-0.2, -0.15) is 10.2 Å². The Hall–Kier alpha value is -2.64. The quantitative estimate of drug-likeness (QED) is 0.854. The van der Waals surface area contributed by atoms with E-state index >= 15 is 0 Å². The lowest BCUT2D eigenvalue weighted by atomic mass is 10.2. The van der Waals surface area contributed by atoms with Gasteiger partial charge >= 0.3 is 5.97 Å². The van der Waals surface area contributed by atoms with E-state index in [0.29, 0.717) is 6.54 Å². The van der Waals surface area contributed by atoms with Crippen LogP contribution in [0.3, 0.4) is 0 Å². The van der Waals surface area contributed by atoms with Crippen LogP contribution in [0.1, 0.15) is 21.7 Å². The predicted octanol–water partition coefficient (Wildman–Crippen LogP) is 0.282. The fourth-order valence-corrected chi connectivity index (χ4v) is 1.99. The van der Waals surface area contributed by atoms with Crippen LogP contribution in [-0.2, 0) is 24.9 Å². The third kappa shape index (κ3) is 3.10. The minimum Gasteiger partial charge on any atom is -0.480 e. The highest BCUT2D eigenvalue weighted by atomic mass is 16.4. The molecule has 2 aromatic rings. The smallest absolute Gasteiger partial charge is 0.325 e. The van der Waals surface area contributed by atoms with E-state index in [-0.39, 0.29) is 18.1 Å². The average molecular weight is 291 g/mol. The topological polar surface area (TPSA) is 93.2 Å². The number of aliphatic carboxylic acids is 1. The Morgan fingerprint density at radius 1 is 1.38 bits per heavy atom. The molecule has 0 saturated heterocycles. The first-order valence-corrected chi connectivity index (χ1v) is 6.36. The molecule has 0 fully saturated rings. The molecule has 0 aromatic carbocycles. The van der Waals surface area contributed by atoms with Crippen LogP contribution in [0.2, 0.25) is 0 Å². The van der Waals surface area contributed by atoms with Crippen molar-refractivity contribution in [3.05, 3.63) is 35.4 Å². The molecule has 0 aliphatic heterocycles. The van der Waals surface area contributed by atoms with Gasteiger partial charge in [0.1, 0.15) is 12.2 Å². The Balaban J connectivity index is 2.14. The Kier molecular flexibility index (Phi) is 4.06. The van der Waals surface area contributed by atoms with Gasteiger partial charge in [0.25, 0.3) is 5.91 Å². The number of carbonyl (C=O) groups is 2. The van der Waals surface area contributed by atoms with E-state index in [1.54, 1.807) is 17.9 Å². The van der Waals surface area contributed by atoms with E-state index < -0.39 is 5.97 Å². The first kappa shape index (κ1) is 14.8. The molecule has 0 unspecified atom stereocenters. The van der Waals surface area contributed by atoms with Gasteiger partial charge in [0.2, 0.25) is 0 Å².